The third kappa shape index (κ3) is 4.39. The van der Waals surface area contributed by atoms with E-state index in [0.29, 0.717) is 47.3 Å². The number of ether oxygens (including phenoxy) is 3. The number of nitrogens with one attached hydrogen (secondary N) is 1. The van der Waals surface area contributed by atoms with Crippen molar-refractivity contribution in [3.05, 3.63) is 65.6 Å². The molecule has 0 aliphatic heterocycles. The molecule has 8 heteroatoms. The van der Waals surface area contributed by atoms with Crippen LogP contribution < -0.4 is 19.5 Å². The Hall–Kier alpha value is -4.07. The highest BCUT2D eigenvalue weighted by Crippen LogP contribution is 2.36. The minimum atomic E-state index is -0.258. The Morgan fingerprint density at radius 3 is 2.38 bits per heavy atom. The lowest BCUT2D eigenvalue weighted by Gasteiger charge is -2.12. The fraction of sp³-hybridized carbons (Fsp3) is 0.269. The van der Waals surface area contributed by atoms with Gasteiger partial charge in [-0.25, -0.2) is 9.50 Å². The summed E-state index contributed by atoms with van der Waals surface area (Å²) in [7, 11) is 1.60. The van der Waals surface area contributed by atoms with Crippen LogP contribution in [-0.4, -0.2) is 40.8 Å². The summed E-state index contributed by atoms with van der Waals surface area (Å²) in [6.07, 6.45) is 1.59. The van der Waals surface area contributed by atoms with Crippen molar-refractivity contribution >= 4 is 17.2 Å². The number of hydrogen-bond donors (Lipinski definition) is 1. The molecule has 0 saturated heterocycles. The number of benzene rings is 2. The Morgan fingerprint density at radius 1 is 1.00 bits per heavy atom. The Kier molecular flexibility index (Phi) is 6.67. The lowest BCUT2D eigenvalue weighted by atomic mass is 10.1. The van der Waals surface area contributed by atoms with Crippen molar-refractivity contribution in [3.63, 3.8) is 0 Å². The zero-order valence-electron chi connectivity index (χ0n) is 20.0. The summed E-state index contributed by atoms with van der Waals surface area (Å²) in [4.78, 5) is 17.6. The van der Waals surface area contributed by atoms with Crippen LogP contribution in [0.4, 0.5) is 5.69 Å². The predicted molar refractivity (Wildman–Crippen MR) is 131 cm³/mol. The standard InChI is InChI=1S/C26H28N4O4/c1-6-33-22-13-8-18(14-23(22)34-7-2)24-16(3)29-30-17(4)21(15-27-25(24)30)26(31)28-19-9-11-20(32-5)12-10-19/h8-15H,6-7H2,1-5H3,(H,28,31). The number of anilines is 1. The maximum atomic E-state index is 13.0. The first-order chi connectivity index (χ1) is 16.5. The van der Waals surface area contributed by atoms with Crippen molar-refractivity contribution in [1.82, 2.24) is 14.6 Å². The van der Waals surface area contributed by atoms with Gasteiger partial charge in [0.25, 0.3) is 5.91 Å². The van der Waals surface area contributed by atoms with Gasteiger partial charge in [0.15, 0.2) is 17.1 Å². The normalized spacial score (nSPS) is 10.9. The molecule has 1 N–H and O–H groups in total. The number of carbonyl (C=O) groups excluding carboxylic acids is 1. The number of fused-ring (bicyclic) bond motifs is 1. The van der Waals surface area contributed by atoms with Crippen molar-refractivity contribution in [2.75, 3.05) is 25.6 Å². The number of methoxy groups -OCH3 is 1. The first-order valence-corrected chi connectivity index (χ1v) is 11.2. The van der Waals surface area contributed by atoms with Crippen LogP contribution in [0.15, 0.2) is 48.7 Å². The summed E-state index contributed by atoms with van der Waals surface area (Å²) in [6, 6.07) is 13.0. The third-order valence-electron chi connectivity index (χ3n) is 5.48. The lowest BCUT2D eigenvalue weighted by molar-refractivity contribution is 0.102. The highest BCUT2D eigenvalue weighted by atomic mass is 16.5. The molecule has 2 heterocycles. The molecule has 0 radical (unpaired) electrons. The van der Waals surface area contributed by atoms with Gasteiger partial charge in [-0.1, -0.05) is 6.07 Å². The van der Waals surface area contributed by atoms with E-state index in [1.165, 1.54) is 0 Å². The predicted octanol–water partition coefficient (Wildman–Crippen LogP) is 5.07. The van der Waals surface area contributed by atoms with Crippen LogP contribution in [0.5, 0.6) is 17.2 Å². The number of aryl methyl sites for hydroxylation is 2. The molecule has 2 aromatic carbocycles. The molecule has 0 aliphatic rings. The van der Waals surface area contributed by atoms with Crippen LogP contribution in [-0.2, 0) is 0 Å². The van der Waals surface area contributed by atoms with E-state index in [9.17, 15) is 4.79 Å². The maximum absolute atomic E-state index is 13.0. The Balaban J connectivity index is 1.70. The second kappa shape index (κ2) is 9.82. The average Bonchev–Trinajstić information content (AvgIpc) is 3.18. The van der Waals surface area contributed by atoms with Crippen molar-refractivity contribution < 1.29 is 19.0 Å². The smallest absolute Gasteiger partial charge is 0.259 e. The fourth-order valence-electron chi connectivity index (χ4n) is 3.84. The molecule has 34 heavy (non-hydrogen) atoms. The number of hydrogen-bond acceptors (Lipinski definition) is 6. The Morgan fingerprint density at radius 2 is 1.71 bits per heavy atom. The molecule has 176 valence electrons. The van der Waals surface area contributed by atoms with Gasteiger partial charge >= 0.3 is 0 Å². The SMILES string of the molecule is CCOc1ccc(-c2c(C)nn3c(C)c(C(=O)Nc4ccc(OC)cc4)cnc23)cc1OCC. The fourth-order valence-corrected chi connectivity index (χ4v) is 3.84. The van der Waals surface area contributed by atoms with Crippen molar-refractivity contribution in [2.24, 2.45) is 0 Å². The second-order valence-electron chi connectivity index (χ2n) is 7.66. The molecular weight excluding hydrogens is 432 g/mol. The minimum absolute atomic E-state index is 0.258. The van der Waals surface area contributed by atoms with E-state index in [0.717, 1.165) is 22.6 Å². The van der Waals surface area contributed by atoms with Gasteiger partial charge in [0.1, 0.15) is 5.75 Å². The third-order valence-corrected chi connectivity index (χ3v) is 5.48. The van der Waals surface area contributed by atoms with Gasteiger partial charge < -0.3 is 19.5 Å². The monoisotopic (exact) mass is 460 g/mol. The Bertz CT molecular complexity index is 1330. The van der Waals surface area contributed by atoms with Gasteiger partial charge in [0, 0.05) is 17.4 Å². The van der Waals surface area contributed by atoms with E-state index in [2.05, 4.69) is 15.4 Å². The quantitative estimate of drug-likeness (QED) is 0.395. The number of amides is 1. The lowest BCUT2D eigenvalue weighted by Crippen LogP contribution is -2.16. The van der Waals surface area contributed by atoms with Crippen LogP contribution in [0.2, 0.25) is 0 Å². The molecule has 8 nitrogen and oxygen atoms in total. The van der Waals surface area contributed by atoms with Gasteiger partial charge in [-0.3, -0.25) is 4.79 Å². The van der Waals surface area contributed by atoms with Gasteiger partial charge in [0.2, 0.25) is 0 Å². The van der Waals surface area contributed by atoms with Crippen molar-refractivity contribution in [1.29, 1.82) is 0 Å². The molecule has 4 aromatic rings. The summed E-state index contributed by atoms with van der Waals surface area (Å²) >= 11 is 0. The summed E-state index contributed by atoms with van der Waals surface area (Å²) in [5, 5.41) is 7.58. The van der Waals surface area contributed by atoms with Crippen LogP contribution in [0.25, 0.3) is 16.8 Å². The van der Waals surface area contributed by atoms with Crippen LogP contribution >= 0.6 is 0 Å². The highest BCUT2D eigenvalue weighted by molar-refractivity contribution is 6.05. The molecule has 0 bridgehead atoms. The van der Waals surface area contributed by atoms with Gasteiger partial charge in [-0.15, -0.1) is 0 Å². The molecule has 0 saturated carbocycles. The van der Waals surface area contributed by atoms with Gasteiger partial charge in [-0.2, -0.15) is 5.10 Å². The van der Waals surface area contributed by atoms with Crippen LogP contribution in [0.1, 0.15) is 35.6 Å². The average molecular weight is 461 g/mol. The molecule has 0 aliphatic carbocycles. The second-order valence-corrected chi connectivity index (χ2v) is 7.66. The summed E-state index contributed by atoms with van der Waals surface area (Å²) in [6.45, 7) is 8.74. The van der Waals surface area contributed by atoms with Crippen molar-refractivity contribution in [2.45, 2.75) is 27.7 Å². The van der Waals surface area contributed by atoms with E-state index in [1.807, 2.05) is 45.9 Å². The molecule has 0 atom stereocenters. The summed E-state index contributed by atoms with van der Waals surface area (Å²) in [5.41, 5.74) is 5.08. The number of rotatable bonds is 8. The zero-order valence-corrected chi connectivity index (χ0v) is 20.0. The molecule has 0 spiro atoms. The van der Waals surface area contributed by atoms with E-state index in [4.69, 9.17) is 14.2 Å². The molecule has 0 fully saturated rings. The number of nitrogens with zero attached hydrogens (tertiary/aromatic N) is 3. The summed E-state index contributed by atoms with van der Waals surface area (Å²) < 4.78 is 18.4. The van der Waals surface area contributed by atoms with Gasteiger partial charge in [-0.05, 0) is 69.7 Å². The molecular formula is C26H28N4O4. The summed E-state index contributed by atoms with van der Waals surface area (Å²) in [5.74, 6) is 1.83. The van der Waals surface area contributed by atoms with E-state index in [1.54, 1.807) is 42.1 Å². The number of aromatic nitrogens is 3. The molecule has 2 aromatic heterocycles. The van der Waals surface area contributed by atoms with Gasteiger partial charge in [0.05, 0.1) is 37.3 Å². The maximum Gasteiger partial charge on any atom is 0.259 e. The first kappa shape index (κ1) is 23.1. The van der Waals surface area contributed by atoms with E-state index < -0.39 is 0 Å². The molecule has 1 amide bonds. The largest absolute Gasteiger partial charge is 0.497 e. The Labute approximate surface area is 198 Å². The minimum Gasteiger partial charge on any atom is -0.497 e. The highest BCUT2D eigenvalue weighted by Gasteiger charge is 2.20. The molecule has 4 rings (SSSR count). The van der Waals surface area contributed by atoms with E-state index >= 15 is 0 Å². The number of carbonyl (C=O) groups is 1. The van der Waals surface area contributed by atoms with E-state index in [-0.39, 0.29) is 5.91 Å². The first-order valence-electron chi connectivity index (χ1n) is 11.2. The zero-order chi connectivity index (χ0) is 24.2. The topological polar surface area (TPSA) is 87.0 Å². The molecule has 0 unspecified atom stereocenters. The van der Waals surface area contributed by atoms with Crippen LogP contribution in [0.3, 0.4) is 0 Å². The van der Waals surface area contributed by atoms with Crippen LogP contribution in [0, 0.1) is 13.8 Å². The van der Waals surface area contributed by atoms with Crippen molar-refractivity contribution in [3.8, 4) is 28.4 Å².